The Morgan fingerprint density at radius 2 is 2.18 bits per heavy atom. The van der Waals surface area contributed by atoms with E-state index in [4.69, 9.17) is 16.3 Å². The first-order valence-corrected chi connectivity index (χ1v) is 6.22. The van der Waals surface area contributed by atoms with Crippen LogP contribution in [0.3, 0.4) is 0 Å². The Morgan fingerprint density at radius 3 is 2.71 bits per heavy atom. The van der Waals surface area contributed by atoms with E-state index >= 15 is 0 Å². The van der Waals surface area contributed by atoms with E-state index in [9.17, 15) is 5.11 Å². The predicted molar refractivity (Wildman–Crippen MR) is 69.5 cm³/mol. The maximum Gasteiger partial charge on any atom is 0.0866 e. The Balaban J connectivity index is 2.20. The van der Waals surface area contributed by atoms with E-state index in [0.29, 0.717) is 17.5 Å². The van der Waals surface area contributed by atoms with Crippen molar-refractivity contribution in [2.45, 2.75) is 18.4 Å². The number of aliphatic hydroxyl groups excluding tert-OH is 1. The third-order valence-electron chi connectivity index (χ3n) is 3.30. The lowest BCUT2D eigenvalue weighted by molar-refractivity contribution is 0.0862. The molecule has 0 bridgehead atoms. The standard InChI is InChI=1S/C13H18ClNO2/c1-17-9-13(8-16,10-6-7-10)15-12-5-3-2-4-11(12)14/h2-5,10,15-16H,6-9H2,1H3. The Bertz CT molecular complexity index is 381. The minimum absolute atomic E-state index is 0.0523. The first kappa shape index (κ1) is 12.7. The first-order valence-electron chi connectivity index (χ1n) is 5.84. The zero-order chi connectivity index (χ0) is 12.3. The molecule has 2 N–H and O–H groups in total. The monoisotopic (exact) mass is 255 g/mol. The largest absolute Gasteiger partial charge is 0.394 e. The van der Waals surface area contributed by atoms with Gasteiger partial charge in [0.05, 0.1) is 29.5 Å². The summed E-state index contributed by atoms with van der Waals surface area (Å²) in [5.74, 6) is 0.462. The molecule has 0 aromatic heterocycles. The molecule has 0 spiro atoms. The van der Waals surface area contributed by atoms with Gasteiger partial charge < -0.3 is 15.2 Å². The highest BCUT2D eigenvalue weighted by molar-refractivity contribution is 6.33. The van der Waals surface area contributed by atoms with Crippen molar-refractivity contribution in [3.63, 3.8) is 0 Å². The summed E-state index contributed by atoms with van der Waals surface area (Å²) in [5, 5.41) is 13.7. The summed E-state index contributed by atoms with van der Waals surface area (Å²) in [6.45, 7) is 0.538. The highest BCUT2D eigenvalue weighted by atomic mass is 35.5. The van der Waals surface area contributed by atoms with Crippen molar-refractivity contribution in [2.75, 3.05) is 25.6 Å². The van der Waals surface area contributed by atoms with Gasteiger partial charge in [-0.25, -0.2) is 0 Å². The lowest BCUT2D eigenvalue weighted by atomic mass is 9.94. The number of methoxy groups -OCH3 is 1. The highest BCUT2D eigenvalue weighted by Crippen LogP contribution is 2.42. The average molecular weight is 256 g/mol. The van der Waals surface area contributed by atoms with Crippen molar-refractivity contribution in [2.24, 2.45) is 5.92 Å². The quantitative estimate of drug-likeness (QED) is 0.821. The van der Waals surface area contributed by atoms with Crippen molar-refractivity contribution >= 4 is 17.3 Å². The van der Waals surface area contributed by atoms with Gasteiger partial charge in [0.1, 0.15) is 0 Å². The van der Waals surface area contributed by atoms with Crippen LogP contribution in [0.5, 0.6) is 0 Å². The second-order valence-corrected chi connectivity index (χ2v) is 5.03. The molecule has 94 valence electrons. The molecule has 0 saturated heterocycles. The van der Waals surface area contributed by atoms with Gasteiger partial charge in [0.15, 0.2) is 0 Å². The minimum Gasteiger partial charge on any atom is -0.394 e. The van der Waals surface area contributed by atoms with Crippen molar-refractivity contribution < 1.29 is 9.84 Å². The van der Waals surface area contributed by atoms with Crippen LogP contribution in [0.2, 0.25) is 5.02 Å². The number of ether oxygens (including phenoxy) is 1. The summed E-state index contributed by atoms with van der Waals surface area (Å²) in [5.41, 5.74) is 0.451. The minimum atomic E-state index is -0.403. The Morgan fingerprint density at radius 1 is 1.47 bits per heavy atom. The number of para-hydroxylation sites is 1. The molecule has 0 heterocycles. The second kappa shape index (κ2) is 5.25. The number of hydrogen-bond donors (Lipinski definition) is 2. The first-order chi connectivity index (χ1) is 8.22. The van der Waals surface area contributed by atoms with Crippen molar-refractivity contribution in [1.82, 2.24) is 0 Å². The summed E-state index contributed by atoms with van der Waals surface area (Å²) < 4.78 is 5.25. The lowest BCUT2D eigenvalue weighted by Gasteiger charge is -2.34. The van der Waals surface area contributed by atoms with Crippen LogP contribution >= 0.6 is 11.6 Å². The van der Waals surface area contributed by atoms with E-state index in [1.807, 2.05) is 24.3 Å². The molecule has 1 aromatic carbocycles. The van der Waals surface area contributed by atoms with E-state index in [1.165, 1.54) is 0 Å². The van der Waals surface area contributed by atoms with Crippen LogP contribution in [0.4, 0.5) is 5.69 Å². The molecule has 0 radical (unpaired) electrons. The van der Waals surface area contributed by atoms with Crippen LogP contribution in [0.15, 0.2) is 24.3 Å². The summed E-state index contributed by atoms with van der Waals surface area (Å²) in [7, 11) is 1.65. The summed E-state index contributed by atoms with van der Waals surface area (Å²) in [6, 6.07) is 7.58. The van der Waals surface area contributed by atoms with E-state index in [1.54, 1.807) is 7.11 Å². The zero-order valence-corrected chi connectivity index (χ0v) is 10.7. The topological polar surface area (TPSA) is 41.5 Å². The van der Waals surface area contributed by atoms with Gasteiger partial charge in [-0.05, 0) is 30.9 Å². The third-order valence-corrected chi connectivity index (χ3v) is 3.63. The lowest BCUT2D eigenvalue weighted by Crippen LogP contribution is -2.48. The molecule has 1 aliphatic carbocycles. The number of anilines is 1. The molecule has 17 heavy (non-hydrogen) atoms. The molecule has 1 atom stereocenters. The molecule has 1 aromatic rings. The molecule has 1 saturated carbocycles. The van der Waals surface area contributed by atoms with Crippen LogP contribution in [0, 0.1) is 5.92 Å². The Hall–Kier alpha value is -0.770. The fraction of sp³-hybridized carbons (Fsp3) is 0.538. The predicted octanol–water partition coefficient (Wildman–Crippen LogP) is 2.54. The summed E-state index contributed by atoms with van der Waals surface area (Å²) in [6.07, 6.45) is 2.25. The van der Waals surface area contributed by atoms with Gasteiger partial charge in [0, 0.05) is 7.11 Å². The average Bonchev–Trinajstić information content (AvgIpc) is 3.15. The van der Waals surface area contributed by atoms with Gasteiger partial charge in [-0.3, -0.25) is 0 Å². The molecule has 4 heteroatoms. The van der Waals surface area contributed by atoms with Crippen molar-refractivity contribution in [1.29, 1.82) is 0 Å². The zero-order valence-electron chi connectivity index (χ0n) is 9.95. The highest BCUT2D eigenvalue weighted by Gasteiger charge is 2.45. The number of nitrogens with one attached hydrogen (secondary N) is 1. The Kier molecular flexibility index (Phi) is 3.92. The maximum atomic E-state index is 9.68. The number of benzene rings is 1. The van der Waals surface area contributed by atoms with Crippen LogP contribution in [0.1, 0.15) is 12.8 Å². The number of halogens is 1. The molecule has 0 aliphatic heterocycles. The summed E-state index contributed by atoms with van der Waals surface area (Å²) in [4.78, 5) is 0. The van der Waals surface area contributed by atoms with Gasteiger partial charge in [-0.15, -0.1) is 0 Å². The Labute approximate surface area is 107 Å². The molecule has 2 rings (SSSR count). The third kappa shape index (κ3) is 2.73. The van der Waals surface area contributed by atoms with E-state index in [0.717, 1.165) is 18.5 Å². The fourth-order valence-electron chi connectivity index (χ4n) is 2.19. The van der Waals surface area contributed by atoms with Gasteiger partial charge in [0.2, 0.25) is 0 Å². The van der Waals surface area contributed by atoms with Gasteiger partial charge >= 0.3 is 0 Å². The van der Waals surface area contributed by atoms with Gasteiger partial charge in [0.25, 0.3) is 0 Å². The molecule has 0 amide bonds. The molecular weight excluding hydrogens is 238 g/mol. The number of rotatable bonds is 6. The van der Waals surface area contributed by atoms with Gasteiger partial charge in [-0.2, -0.15) is 0 Å². The van der Waals surface area contributed by atoms with Crippen LogP contribution in [0.25, 0.3) is 0 Å². The number of hydrogen-bond acceptors (Lipinski definition) is 3. The van der Waals surface area contributed by atoms with Crippen LogP contribution in [-0.2, 0) is 4.74 Å². The fourth-order valence-corrected chi connectivity index (χ4v) is 2.38. The van der Waals surface area contributed by atoms with E-state index in [2.05, 4.69) is 5.32 Å². The maximum absolute atomic E-state index is 9.68. The molecule has 1 aliphatic rings. The van der Waals surface area contributed by atoms with Crippen molar-refractivity contribution in [3.05, 3.63) is 29.3 Å². The SMILES string of the molecule is COCC(CO)(Nc1ccccc1Cl)C1CC1. The molecule has 1 fully saturated rings. The van der Waals surface area contributed by atoms with Crippen LogP contribution < -0.4 is 5.32 Å². The van der Waals surface area contributed by atoms with Crippen LogP contribution in [-0.4, -0.2) is 31.0 Å². The summed E-state index contributed by atoms with van der Waals surface area (Å²) >= 11 is 6.13. The van der Waals surface area contributed by atoms with E-state index < -0.39 is 5.54 Å². The second-order valence-electron chi connectivity index (χ2n) is 4.63. The smallest absolute Gasteiger partial charge is 0.0866 e. The van der Waals surface area contributed by atoms with Crippen molar-refractivity contribution in [3.8, 4) is 0 Å². The van der Waals surface area contributed by atoms with Gasteiger partial charge in [-0.1, -0.05) is 23.7 Å². The normalized spacial score (nSPS) is 18.8. The van der Waals surface area contributed by atoms with E-state index in [-0.39, 0.29) is 6.61 Å². The number of aliphatic hydroxyl groups is 1. The molecule has 3 nitrogen and oxygen atoms in total. The molecular formula is C13H18ClNO2. The molecule has 1 unspecified atom stereocenters.